The van der Waals surface area contributed by atoms with Crippen LogP contribution in [0.3, 0.4) is 0 Å². The Kier molecular flexibility index (Phi) is 4.07. The van der Waals surface area contributed by atoms with E-state index in [9.17, 15) is 0 Å². The third kappa shape index (κ3) is 2.87. The molecule has 2 aliphatic rings. The monoisotopic (exact) mass is 314 g/mol. The minimum absolute atomic E-state index is 0.150. The Morgan fingerprint density at radius 3 is 3.18 bits per heavy atom. The van der Waals surface area contributed by atoms with E-state index in [4.69, 9.17) is 4.74 Å². The predicted molar refractivity (Wildman–Crippen MR) is 92.2 cm³/mol. The van der Waals surface area contributed by atoms with Crippen LogP contribution in [0.5, 0.6) is 0 Å². The zero-order valence-electron chi connectivity index (χ0n) is 12.8. The summed E-state index contributed by atoms with van der Waals surface area (Å²) in [6, 6.07) is 11.1. The second kappa shape index (κ2) is 6.19. The Bertz CT molecular complexity index is 649. The number of rotatable bonds is 3. The molecule has 2 unspecified atom stereocenters. The molecule has 3 nitrogen and oxygen atoms in total. The molecule has 1 spiro atoms. The van der Waals surface area contributed by atoms with Crippen LogP contribution in [0.25, 0.3) is 10.9 Å². The zero-order valence-corrected chi connectivity index (χ0v) is 13.6. The second-order valence-electron chi connectivity index (χ2n) is 6.40. The Morgan fingerprint density at radius 1 is 1.32 bits per heavy atom. The van der Waals surface area contributed by atoms with E-state index in [1.54, 1.807) is 0 Å². The summed E-state index contributed by atoms with van der Waals surface area (Å²) in [6.45, 7) is 1.79. The van der Waals surface area contributed by atoms with E-state index in [-0.39, 0.29) is 5.60 Å². The van der Waals surface area contributed by atoms with Gasteiger partial charge < -0.3 is 10.1 Å². The SMILES string of the molecule is c1cnc2c(CNC3CCOC4(CCSC4)C3)cccc2c1. The Balaban J connectivity index is 1.45. The minimum atomic E-state index is 0.150. The largest absolute Gasteiger partial charge is 0.374 e. The summed E-state index contributed by atoms with van der Waals surface area (Å²) in [6.07, 6.45) is 5.36. The molecule has 3 heterocycles. The predicted octanol–water partition coefficient (Wildman–Crippen LogP) is 3.38. The number of fused-ring (bicyclic) bond motifs is 1. The molecular formula is C18H22N2OS. The third-order valence-corrected chi connectivity index (χ3v) is 6.08. The lowest BCUT2D eigenvalue weighted by Crippen LogP contribution is -2.47. The maximum atomic E-state index is 6.11. The molecule has 2 saturated heterocycles. The highest BCUT2D eigenvalue weighted by molar-refractivity contribution is 7.99. The van der Waals surface area contributed by atoms with Gasteiger partial charge in [0.15, 0.2) is 0 Å². The van der Waals surface area contributed by atoms with Crippen molar-refractivity contribution in [3.05, 3.63) is 42.1 Å². The van der Waals surface area contributed by atoms with Gasteiger partial charge in [-0.05, 0) is 36.6 Å². The molecule has 1 aromatic heterocycles. The van der Waals surface area contributed by atoms with E-state index in [0.29, 0.717) is 6.04 Å². The molecule has 1 N–H and O–H groups in total. The average molecular weight is 314 g/mol. The first-order valence-corrected chi connectivity index (χ1v) is 9.28. The lowest BCUT2D eigenvalue weighted by atomic mass is 9.90. The number of nitrogens with zero attached hydrogens (tertiary/aromatic N) is 1. The third-order valence-electron chi connectivity index (χ3n) is 4.86. The second-order valence-corrected chi connectivity index (χ2v) is 7.50. The molecule has 22 heavy (non-hydrogen) atoms. The molecule has 0 amide bonds. The van der Waals surface area contributed by atoms with Gasteiger partial charge in [0.2, 0.25) is 0 Å². The molecule has 0 aliphatic carbocycles. The van der Waals surface area contributed by atoms with Crippen molar-refractivity contribution in [2.75, 3.05) is 18.1 Å². The number of hydrogen-bond acceptors (Lipinski definition) is 4. The Labute approximate surface area is 135 Å². The molecule has 4 rings (SSSR count). The van der Waals surface area contributed by atoms with E-state index in [1.807, 2.05) is 24.0 Å². The van der Waals surface area contributed by atoms with Crippen LogP contribution < -0.4 is 5.32 Å². The number of benzene rings is 1. The first-order valence-electron chi connectivity index (χ1n) is 8.12. The molecular weight excluding hydrogens is 292 g/mol. The van der Waals surface area contributed by atoms with Crippen LogP contribution >= 0.6 is 11.8 Å². The van der Waals surface area contributed by atoms with Crippen LogP contribution in [0.2, 0.25) is 0 Å². The van der Waals surface area contributed by atoms with Gasteiger partial charge in [0.25, 0.3) is 0 Å². The minimum Gasteiger partial charge on any atom is -0.374 e. The lowest BCUT2D eigenvalue weighted by molar-refractivity contribution is -0.0702. The maximum Gasteiger partial charge on any atom is 0.0795 e. The van der Waals surface area contributed by atoms with Gasteiger partial charge in [-0.3, -0.25) is 4.98 Å². The van der Waals surface area contributed by atoms with Gasteiger partial charge in [-0.2, -0.15) is 11.8 Å². The van der Waals surface area contributed by atoms with Crippen LogP contribution in [-0.4, -0.2) is 34.7 Å². The molecule has 0 radical (unpaired) electrons. The molecule has 116 valence electrons. The molecule has 2 aromatic rings. The number of pyridine rings is 1. The van der Waals surface area contributed by atoms with Crippen molar-refractivity contribution in [1.82, 2.24) is 10.3 Å². The summed E-state index contributed by atoms with van der Waals surface area (Å²) in [5.74, 6) is 2.42. The normalized spacial score (nSPS) is 28.5. The van der Waals surface area contributed by atoms with Crippen LogP contribution in [0.1, 0.15) is 24.8 Å². The number of hydrogen-bond donors (Lipinski definition) is 1. The topological polar surface area (TPSA) is 34.2 Å². The van der Waals surface area contributed by atoms with Crippen molar-refractivity contribution < 1.29 is 4.74 Å². The first-order chi connectivity index (χ1) is 10.8. The Morgan fingerprint density at radius 2 is 2.27 bits per heavy atom. The van der Waals surface area contributed by atoms with Gasteiger partial charge in [0.05, 0.1) is 11.1 Å². The summed E-state index contributed by atoms with van der Waals surface area (Å²) in [4.78, 5) is 4.55. The summed E-state index contributed by atoms with van der Waals surface area (Å²) >= 11 is 2.04. The van der Waals surface area contributed by atoms with Crippen LogP contribution in [0.4, 0.5) is 0 Å². The highest BCUT2D eigenvalue weighted by Gasteiger charge is 2.40. The summed E-state index contributed by atoms with van der Waals surface area (Å²) in [7, 11) is 0. The molecule has 2 aliphatic heterocycles. The number of para-hydroxylation sites is 1. The van der Waals surface area contributed by atoms with Crippen molar-refractivity contribution in [3.8, 4) is 0 Å². The van der Waals surface area contributed by atoms with Crippen LogP contribution in [0.15, 0.2) is 36.5 Å². The van der Waals surface area contributed by atoms with Gasteiger partial charge in [-0.1, -0.05) is 24.3 Å². The number of nitrogens with one attached hydrogen (secondary N) is 1. The van der Waals surface area contributed by atoms with Crippen LogP contribution in [-0.2, 0) is 11.3 Å². The fourth-order valence-corrected chi connectivity index (χ4v) is 5.01. The maximum absolute atomic E-state index is 6.11. The van der Waals surface area contributed by atoms with Crippen molar-refractivity contribution in [2.45, 2.75) is 37.5 Å². The molecule has 1 aromatic carbocycles. The van der Waals surface area contributed by atoms with Gasteiger partial charge >= 0.3 is 0 Å². The molecule has 0 bridgehead atoms. The van der Waals surface area contributed by atoms with E-state index in [0.717, 1.165) is 31.5 Å². The Hall–Kier alpha value is -1.10. The quantitative estimate of drug-likeness (QED) is 0.942. The van der Waals surface area contributed by atoms with E-state index in [2.05, 4.69) is 34.6 Å². The molecule has 4 heteroatoms. The lowest BCUT2D eigenvalue weighted by Gasteiger charge is -2.38. The van der Waals surface area contributed by atoms with E-state index in [1.165, 1.54) is 28.9 Å². The standard InChI is InChI=1S/C18H22N2OS/c1-3-14-5-2-8-19-17(14)15(4-1)12-20-16-6-9-21-18(11-16)7-10-22-13-18/h1-5,8,16,20H,6-7,9-13H2. The van der Waals surface area contributed by atoms with E-state index < -0.39 is 0 Å². The summed E-state index contributed by atoms with van der Waals surface area (Å²) in [5.41, 5.74) is 2.56. The molecule has 2 fully saturated rings. The smallest absolute Gasteiger partial charge is 0.0795 e. The van der Waals surface area contributed by atoms with Crippen molar-refractivity contribution in [3.63, 3.8) is 0 Å². The number of ether oxygens (including phenoxy) is 1. The fraction of sp³-hybridized carbons (Fsp3) is 0.500. The summed E-state index contributed by atoms with van der Waals surface area (Å²) in [5, 5.41) is 4.97. The van der Waals surface area contributed by atoms with Gasteiger partial charge in [-0.15, -0.1) is 0 Å². The van der Waals surface area contributed by atoms with E-state index >= 15 is 0 Å². The highest BCUT2D eigenvalue weighted by Crippen LogP contribution is 2.38. The first kappa shape index (κ1) is 14.5. The zero-order chi connectivity index (χ0) is 14.8. The molecule has 2 atom stereocenters. The fourth-order valence-electron chi connectivity index (χ4n) is 3.63. The molecule has 0 saturated carbocycles. The van der Waals surface area contributed by atoms with Crippen molar-refractivity contribution in [1.29, 1.82) is 0 Å². The van der Waals surface area contributed by atoms with Crippen molar-refractivity contribution >= 4 is 22.7 Å². The van der Waals surface area contributed by atoms with Crippen molar-refractivity contribution in [2.24, 2.45) is 0 Å². The highest BCUT2D eigenvalue weighted by atomic mass is 32.2. The average Bonchev–Trinajstić information content (AvgIpc) is 3.00. The van der Waals surface area contributed by atoms with Gasteiger partial charge in [0.1, 0.15) is 0 Å². The number of thioether (sulfide) groups is 1. The summed E-state index contributed by atoms with van der Waals surface area (Å²) < 4.78 is 6.11. The van der Waals surface area contributed by atoms with Gasteiger partial charge in [0, 0.05) is 36.5 Å². The van der Waals surface area contributed by atoms with Gasteiger partial charge in [-0.25, -0.2) is 0 Å². The van der Waals surface area contributed by atoms with Crippen LogP contribution in [0, 0.1) is 0 Å². The number of aromatic nitrogens is 1.